The molecule has 0 aromatic carbocycles. The Hall–Kier alpha value is -0.590. The molecule has 2 saturated carbocycles. The Balaban J connectivity index is 2.23. The topological polar surface area (TPSA) is 17.1 Å². The molecule has 1 heteroatoms. The van der Waals surface area contributed by atoms with Gasteiger partial charge in [0.15, 0.2) is 0 Å². The van der Waals surface area contributed by atoms with E-state index in [4.69, 9.17) is 0 Å². The van der Waals surface area contributed by atoms with Crippen molar-refractivity contribution in [2.75, 3.05) is 0 Å². The van der Waals surface area contributed by atoms with E-state index in [0.29, 0.717) is 12.2 Å². The molecule has 84 valence electrons. The summed E-state index contributed by atoms with van der Waals surface area (Å²) >= 11 is 0. The van der Waals surface area contributed by atoms with Gasteiger partial charge in [0.2, 0.25) is 0 Å². The minimum atomic E-state index is 0.182. The Bertz CT molecular complexity index is 313. The number of carbonyl (C=O) groups excluding carboxylic acids is 1. The second-order valence-corrected chi connectivity index (χ2v) is 5.99. The lowest BCUT2D eigenvalue weighted by Gasteiger charge is -2.37. The molecule has 2 aliphatic carbocycles. The van der Waals surface area contributed by atoms with Gasteiger partial charge >= 0.3 is 0 Å². The van der Waals surface area contributed by atoms with Gasteiger partial charge in [0.25, 0.3) is 0 Å². The van der Waals surface area contributed by atoms with Crippen LogP contribution in [0.15, 0.2) is 12.2 Å². The first-order valence-corrected chi connectivity index (χ1v) is 6.14. The van der Waals surface area contributed by atoms with Gasteiger partial charge in [-0.05, 0) is 36.0 Å². The zero-order valence-corrected chi connectivity index (χ0v) is 10.2. The fourth-order valence-electron chi connectivity index (χ4n) is 3.72. The highest BCUT2D eigenvalue weighted by Gasteiger charge is 2.57. The van der Waals surface area contributed by atoms with Crippen LogP contribution in [0.4, 0.5) is 0 Å². The van der Waals surface area contributed by atoms with E-state index in [9.17, 15) is 4.79 Å². The van der Waals surface area contributed by atoms with Crippen molar-refractivity contribution in [3.63, 3.8) is 0 Å². The Morgan fingerprint density at radius 1 is 1.53 bits per heavy atom. The average molecular weight is 206 g/mol. The number of fused-ring (bicyclic) bond motifs is 2. The van der Waals surface area contributed by atoms with Crippen molar-refractivity contribution in [2.45, 2.75) is 52.9 Å². The lowest BCUT2D eigenvalue weighted by molar-refractivity contribution is -0.120. The van der Waals surface area contributed by atoms with E-state index in [-0.39, 0.29) is 10.8 Å². The Morgan fingerprint density at radius 2 is 2.20 bits per heavy atom. The van der Waals surface area contributed by atoms with Crippen LogP contribution in [0.5, 0.6) is 0 Å². The highest BCUT2D eigenvalue weighted by molar-refractivity contribution is 5.79. The summed E-state index contributed by atoms with van der Waals surface area (Å²) in [6.45, 7) is 10.9. The van der Waals surface area contributed by atoms with E-state index in [2.05, 4.69) is 20.4 Å². The summed E-state index contributed by atoms with van der Waals surface area (Å²) < 4.78 is 0. The van der Waals surface area contributed by atoms with Gasteiger partial charge in [0.05, 0.1) is 0 Å². The Labute approximate surface area is 92.9 Å². The van der Waals surface area contributed by atoms with Crippen LogP contribution in [0.1, 0.15) is 52.9 Å². The summed E-state index contributed by atoms with van der Waals surface area (Å²) in [6.07, 6.45) is 5.14. The number of carbonyl (C=O) groups is 1. The van der Waals surface area contributed by atoms with Crippen molar-refractivity contribution >= 4 is 5.78 Å². The predicted octanol–water partition coefficient (Wildman–Crippen LogP) is 3.74. The van der Waals surface area contributed by atoms with Crippen molar-refractivity contribution in [1.82, 2.24) is 0 Å². The Morgan fingerprint density at radius 3 is 2.67 bits per heavy atom. The smallest absolute Gasteiger partial charge is 0.133 e. The zero-order chi connectivity index (χ0) is 11.3. The summed E-state index contributed by atoms with van der Waals surface area (Å²) in [5.74, 6) is 1.18. The summed E-state index contributed by atoms with van der Waals surface area (Å²) in [4.78, 5) is 11.7. The number of Topliss-reactive ketones (excluding diaryl/α,β-unsaturated/α-hetero) is 1. The van der Waals surface area contributed by atoms with Crippen LogP contribution in [-0.4, -0.2) is 5.78 Å². The van der Waals surface area contributed by atoms with E-state index < -0.39 is 0 Å². The van der Waals surface area contributed by atoms with Gasteiger partial charge in [0.1, 0.15) is 5.78 Å². The maximum Gasteiger partial charge on any atom is 0.133 e. The van der Waals surface area contributed by atoms with Crippen LogP contribution >= 0.6 is 0 Å². The van der Waals surface area contributed by atoms with Crippen LogP contribution in [0.3, 0.4) is 0 Å². The molecule has 2 aliphatic rings. The van der Waals surface area contributed by atoms with Crippen molar-refractivity contribution in [3.05, 3.63) is 12.2 Å². The number of hydrogen-bond donors (Lipinski definition) is 0. The number of hydrogen-bond acceptors (Lipinski definition) is 1. The molecule has 0 amide bonds. The average Bonchev–Trinajstić information content (AvgIpc) is 2.67. The lowest BCUT2D eigenvalue weighted by Crippen LogP contribution is -2.29. The maximum atomic E-state index is 11.7. The normalized spacial score (nSPS) is 37.3. The number of ketones is 1. The standard InChI is InChI=1S/C14H22O/c1-5-12(15)9-14-7-6-11(8-14)13(3,4)10(14)2/h11H,2,5-9H2,1,3-4H3. The molecule has 0 radical (unpaired) electrons. The van der Waals surface area contributed by atoms with Crippen LogP contribution in [0, 0.1) is 16.7 Å². The SMILES string of the molecule is C=C1C2(CC(=O)CC)CCC(C2)C1(C)C. The third-order valence-electron chi connectivity index (χ3n) is 4.98. The second kappa shape index (κ2) is 3.20. The molecule has 2 atom stereocenters. The number of rotatable bonds is 3. The largest absolute Gasteiger partial charge is 0.300 e. The van der Waals surface area contributed by atoms with E-state index >= 15 is 0 Å². The molecule has 2 bridgehead atoms. The summed E-state index contributed by atoms with van der Waals surface area (Å²) in [6, 6.07) is 0. The molecule has 1 nitrogen and oxygen atoms in total. The van der Waals surface area contributed by atoms with Gasteiger partial charge in [-0.2, -0.15) is 0 Å². The minimum absolute atomic E-state index is 0.182. The molecule has 0 aromatic rings. The van der Waals surface area contributed by atoms with Gasteiger partial charge in [-0.1, -0.05) is 32.9 Å². The summed E-state index contributed by atoms with van der Waals surface area (Å²) in [5, 5.41) is 0. The molecule has 0 saturated heterocycles. The van der Waals surface area contributed by atoms with E-state index in [1.807, 2.05) is 6.92 Å². The first-order valence-electron chi connectivity index (χ1n) is 6.14. The monoisotopic (exact) mass is 206 g/mol. The van der Waals surface area contributed by atoms with Gasteiger partial charge in [-0.15, -0.1) is 0 Å². The second-order valence-electron chi connectivity index (χ2n) is 5.99. The minimum Gasteiger partial charge on any atom is -0.300 e. The van der Waals surface area contributed by atoms with Gasteiger partial charge in [0, 0.05) is 12.8 Å². The highest BCUT2D eigenvalue weighted by atomic mass is 16.1. The molecule has 0 aromatic heterocycles. The molecule has 0 N–H and O–H groups in total. The quantitative estimate of drug-likeness (QED) is 0.643. The van der Waals surface area contributed by atoms with E-state index in [0.717, 1.165) is 12.3 Å². The highest BCUT2D eigenvalue weighted by Crippen LogP contribution is 2.66. The van der Waals surface area contributed by atoms with Crippen molar-refractivity contribution in [2.24, 2.45) is 16.7 Å². The van der Waals surface area contributed by atoms with Crippen LogP contribution < -0.4 is 0 Å². The molecular formula is C14H22O. The third kappa shape index (κ3) is 1.39. The molecule has 15 heavy (non-hydrogen) atoms. The zero-order valence-electron chi connectivity index (χ0n) is 10.2. The van der Waals surface area contributed by atoms with Crippen LogP contribution in [-0.2, 0) is 4.79 Å². The molecular weight excluding hydrogens is 184 g/mol. The van der Waals surface area contributed by atoms with Crippen molar-refractivity contribution in [3.8, 4) is 0 Å². The van der Waals surface area contributed by atoms with E-state index in [1.54, 1.807) is 0 Å². The third-order valence-corrected chi connectivity index (χ3v) is 4.98. The fourth-order valence-corrected chi connectivity index (χ4v) is 3.72. The van der Waals surface area contributed by atoms with E-state index in [1.165, 1.54) is 24.8 Å². The summed E-state index contributed by atoms with van der Waals surface area (Å²) in [7, 11) is 0. The maximum absolute atomic E-state index is 11.7. The van der Waals surface area contributed by atoms with Gasteiger partial charge in [-0.25, -0.2) is 0 Å². The van der Waals surface area contributed by atoms with Gasteiger partial charge < -0.3 is 0 Å². The molecule has 2 rings (SSSR count). The molecule has 2 fully saturated rings. The summed E-state index contributed by atoms with van der Waals surface area (Å²) in [5.41, 5.74) is 1.81. The van der Waals surface area contributed by atoms with Crippen LogP contribution in [0.25, 0.3) is 0 Å². The van der Waals surface area contributed by atoms with Gasteiger partial charge in [-0.3, -0.25) is 4.79 Å². The first-order chi connectivity index (χ1) is 6.92. The van der Waals surface area contributed by atoms with Crippen molar-refractivity contribution < 1.29 is 4.79 Å². The first kappa shape index (κ1) is 10.9. The molecule has 0 spiro atoms. The van der Waals surface area contributed by atoms with Crippen molar-refractivity contribution in [1.29, 1.82) is 0 Å². The molecule has 2 unspecified atom stereocenters. The molecule has 0 heterocycles. The van der Waals surface area contributed by atoms with Crippen LogP contribution in [0.2, 0.25) is 0 Å². The fraction of sp³-hybridized carbons (Fsp3) is 0.786. The predicted molar refractivity (Wildman–Crippen MR) is 62.6 cm³/mol. The number of allylic oxidation sites excluding steroid dienone is 1. The molecule has 0 aliphatic heterocycles. The Kier molecular flexibility index (Phi) is 2.33. The lowest BCUT2D eigenvalue weighted by atomic mass is 9.67.